The van der Waals surface area contributed by atoms with Gasteiger partial charge in [0.1, 0.15) is 5.69 Å². The second-order valence-corrected chi connectivity index (χ2v) is 18.2. The number of benzene rings is 1. The Morgan fingerprint density at radius 3 is 2.48 bits per heavy atom. The Bertz CT molecular complexity index is 1670. The van der Waals surface area contributed by atoms with E-state index in [1.807, 2.05) is 30.5 Å². The predicted octanol–water partition coefficient (Wildman–Crippen LogP) is 9.18. The van der Waals surface area contributed by atoms with Gasteiger partial charge < -0.3 is 5.11 Å². The fourth-order valence-electron chi connectivity index (χ4n) is 12.1. The summed E-state index contributed by atoms with van der Waals surface area (Å²) in [5.74, 6) is 1.34. The molecule has 7 rings (SSSR count). The number of Topliss-reactive ketones (excluding diaryl/α,β-unsaturated/α-hetero) is 1. The number of rotatable bonds is 3. The number of aliphatic carboxylic acids is 1. The van der Waals surface area contributed by atoms with Crippen LogP contribution in [-0.4, -0.2) is 31.9 Å². The van der Waals surface area contributed by atoms with E-state index in [2.05, 4.69) is 93.5 Å². The van der Waals surface area contributed by atoms with Crippen molar-refractivity contribution < 1.29 is 14.7 Å². The monoisotopic (exact) mass is 735 g/mol. The van der Waals surface area contributed by atoms with E-state index in [9.17, 15) is 14.7 Å². The summed E-state index contributed by atoms with van der Waals surface area (Å²) < 4.78 is 2.89. The highest BCUT2D eigenvalue weighted by Gasteiger charge is 2.70. The number of carboxylic acid groups (broad SMARTS) is 1. The van der Waals surface area contributed by atoms with Crippen molar-refractivity contribution in [2.45, 2.75) is 99.8 Å². The molecule has 1 aromatic heterocycles. The van der Waals surface area contributed by atoms with Crippen molar-refractivity contribution in [1.82, 2.24) is 15.0 Å². The average molecular weight is 736 g/mol. The Kier molecular flexibility index (Phi) is 7.44. The van der Waals surface area contributed by atoms with Gasteiger partial charge in [0.15, 0.2) is 5.78 Å². The molecule has 0 radical (unpaired) electrons. The molecular weight excluding hydrogens is 685 g/mol. The summed E-state index contributed by atoms with van der Waals surface area (Å²) in [6.07, 6.45) is 13.8. The number of nitrogens with zero attached hydrogens (tertiary/aromatic N) is 3. The average Bonchev–Trinajstić information content (AvgIpc) is 3.46. The normalized spacial score (nSPS) is 42.3. The second kappa shape index (κ2) is 10.6. The molecule has 5 aliphatic rings. The largest absolute Gasteiger partial charge is 0.481 e. The van der Waals surface area contributed by atoms with Gasteiger partial charge >= 0.3 is 5.97 Å². The standard InChI is InChI=1S/C39H50IN3O3/c1-23-14-17-39(34(45)46)19-18-37(6)27(32(39)24(23)2)12-13-31-36(5)21-25(33(44)35(3,4)30(36)15-16-38(31,37)7)20-26-22-43(42-41-26)29-11-9-8-10-28(29)40/h8-12,20,22-24,30-32H,13-19,21H2,1-7H3,(H,45,46)/b25-20-/t23-,24+,30-,31-,32+,36+,37-,38-,39+/m1/s1. The van der Waals surface area contributed by atoms with Crippen molar-refractivity contribution in [1.29, 1.82) is 0 Å². The lowest BCUT2D eigenvalue weighted by molar-refractivity contribution is -0.185. The van der Waals surface area contributed by atoms with Crippen molar-refractivity contribution in [3.8, 4) is 5.69 Å². The molecule has 0 spiro atoms. The molecule has 46 heavy (non-hydrogen) atoms. The summed E-state index contributed by atoms with van der Waals surface area (Å²) in [5, 5.41) is 19.6. The van der Waals surface area contributed by atoms with Gasteiger partial charge in [0.25, 0.3) is 0 Å². The van der Waals surface area contributed by atoms with Gasteiger partial charge in [0, 0.05) is 8.99 Å². The molecule has 0 unspecified atom stereocenters. The quantitative estimate of drug-likeness (QED) is 0.193. The fourth-order valence-corrected chi connectivity index (χ4v) is 12.7. The molecule has 2 aromatic rings. The number of fused-ring (bicyclic) bond motifs is 7. The van der Waals surface area contributed by atoms with Crippen LogP contribution in [0.15, 0.2) is 47.7 Å². The van der Waals surface area contributed by atoms with E-state index >= 15 is 0 Å². The molecule has 0 amide bonds. The van der Waals surface area contributed by atoms with Gasteiger partial charge in [-0.05, 0) is 144 Å². The Labute approximate surface area is 288 Å². The van der Waals surface area contributed by atoms with Gasteiger partial charge in [-0.1, -0.05) is 77.5 Å². The topological polar surface area (TPSA) is 85.1 Å². The van der Waals surface area contributed by atoms with E-state index in [1.54, 1.807) is 4.68 Å². The zero-order valence-corrected chi connectivity index (χ0v) is 30.7. The molecule has 9 atom stereocenters. The molecule has 1 aromatic carbocycles. The van der Waals surface area contributed by atoms with Gasteiger partial charge in [-0.2, -0.15) is 0 Å². The molecule has 7 heteroatoms. The second-order valence-electron chi connectivity index (χ2n) is 17.0. The van der Waals surface area contributed by atoms with Gasteiger partial charge in [0.2, 0.25) is 0 Å². The van der Waals surface area contributed by atoms with Crippen LogP contribution in [0.25, 0.3) is 11.8 Å². The van der Waals surface area contributed by atoms with Crippen LogP contribution in [0, 0.1) is 60.2 Å². The number of carbonyl (C=O) groups excluding carboxylic acids is 1. The van der Waals surface area contributed by atoms with E-state index in [4.69, 9.17) is 0 Å². The summed E-state index contributed by atoms with van der Waals surface area (Å²) in [4.78, 5) is 27.3. The Morgan fingerprint density at radius 1 is 1.02 bits per heavy atom. The van der Waals surface area contributed by atoms with E-state index in [-0.39, 0.29) is 33.9 Å². The minimum absolute atomic E-state index is 0.0299. The summed E-state index contributed by atoms with van der Waals surface area (Å²) in [6.45, 7) is 16.5. The van der Waals surface area contributed by atoms with Crippen LogP contribution < -0.4 is 0 Å². The molecule has 0 bridgehead atoms. The lowest BCUT2D eigenvalue weighted by Gasteiger charge is -2.70. The number of allylic oxidation sites excluding steroid dienone is 3. The zero-order valence-electron chi connectivity index (χ0n) is 28.6. The maximum atomic E-state index is 14.2. The van der Waals surface area contributed by atoms with E-state index in [0.29, 0.717) is 17.8 Å². The summed E-state index contributed by atoms with van der Waals surface area (Å²) >= 11 is 2.32. The van der Waals surface area contributed by atoms with Crippen LogP contribution in [0.5, 0.6) is 0 Å². The molecule has 1 heterocycles. The fraction of sp³-hybridized carbons (Fsp3) is 0.641. The molecular formula is C39H50IN3O3. The lowest BCUT2D eigenvalue weighted by Crippen LogP contribution is -2.65. The van der Waals surface area contributed by atoms with E-state index in [0.717, 1.165) is 71.9 Å². The van der Waals surface area contributed by atoms with Gasteiger partial charge in [-0.15, -0.1) is 5.10 Å². The summed E-state index contributed by atoms with van der Waals surface area (Å²) in [5.41, 5.74) is 2.81. The van der Waals surface area contributed by atoms with Crippen molar-refractivity contribution in [2.75, 3.05) is 0 Å². The van der Waals surface area contributed by atoms with Crippen molar-refractivity contribution in [2.24, 2.45) is 56.7 Å². The van der Waals surface area contributed by atoms with Crippen LogP contribution in [0.1, 0.15) is 106 Å². The third-order valence-electron chi connectivity index (χ3n) is 14.9. The highest BCUT2D eigenvalue weighted by atomic mass is 127. The molecule has 4 fully saturated rings. The van der Waals surface area contributed by atoms with Crippen LogP contribution in [0.4, 0.5) is 0 Å². The number of carboxylic acids is 1. The molecule has 246 valence electrons. The first-order valence-corrected chi connectivity index (χ1v) is 18.5. The third-order valence-corrected chi connectivity index (χ3v) is 15.8. The zero-order chi connectivity index (χ0) is 33.0. The molecule has 0 aliphatic heterocycles. The predicted molar refractivity (Wildman–Crippen MR) is 189 cm³/mol. The SMILES string of the molecule is C[C@H]1[C@H](C)CC[C@]2(C(=O)O)CC[C@]3(C)C(=CC[C@@H]4[C@@]5(C)C/C(=C/c6cn(-c7ccccc7I)nn6)C(=O)C(C)(C)[C@H]5CC[C@]43C)[C@H]12. The van der Waals surface area contributed by atoms with Crippen LogP contribution in [0.3, 0.4) is 0 Å². The van der Waals surface area contributed by atoms with Crippen molar-refractivity contribution in [3.05, 3.63) is 56.9 Å². The summed E-state index contributed by atoms with van der Waals surface area (Å²) in [6, 6.07) is 8.10. The van der Waals surface area contributed by atoms with Crippen molar-refractivity contribution in [3.63, 3.8) is 0 Å². The Balaban J connectivity index is 1.29. The maximum Gasteiger partial charge on any atom is 0.310 e. The first-order chi connectivity index (χ1) is 21.6. The van der Waals surface area contributed by atoms with Gasteiger partial charge in [-0.3, -0.25) is 9.59 Å². The number of halogens is 1. The van der Waals surface area contributed by atoms with Gasteiger partial charge in [-0.25, -0.2) is 4.68 Å². The minimum Gasteiger partial charge on any atom is -0.481 e. The molecule has 4 saturated carbocycles. The number of ketones is 1. The van der Waals surface area contributed by atoms with Crippen molar-refractivity contribution >= 4 is 40.4 Å². The lowest BCUT2D eigenvalue weighted by atomic mass is 9.33. The Morgan fingerprint density at radius 2 is 1.76 bits per heavy atom. The minimum atomic E-state index is -0.633. The Hall–Kier alpha value is -2.29. The molecule has 0 saturated heterocycles. The van der Waals surface area contributed by atoms with Crippen LogP contribution >= 0.6 is 22.6 Å². The first kappa shape index (κ1) is 32.3. The van der Waals surface area contributed by atoms with Crippen LogP contribution in [-0.2, 0) is 9.59 Å². The third kappa shape index (κ3) is 4.24. The number of carbonyl (C=O) groups is 2. The number of aromatic nitrogens is 3. The van der Waals surface area contributed by atoms with E-state index in [1.165, 1.54) is 5.57 Å². The highest BCUT2D eigenvalue weighted by molar-refractivity contribution is 14.1. The van der Waals surface area contributed by atoms with Gasteiger partial charge in [0.05, 0.1) is 17.3 Å². The number of para-hydroxylation sites is 1. The summed E-state index contributed by atoms with van der Waals surface area (Å²) in [7, 11) is 0. The smallest absolute Gasteiger partial charge is 0.310 e. The molecule has 5 aliphatic carbocycles. The number of hydrogen-bond acceptors (Lipinski definition) is 4. The highest BCUT2D eigenvalue weighted by Crippen LogP contribution is 2.75. The maximum absolute atomic E-state index is 14.2. The molecule has 6 nitrogen and oxygen atoms in total. The first-order valence-electron chi connectivity index (χ1n) is 17.5. The van der Waals surface area contributed by atoms with Crippen LogP contribution in [0.2, 0.25) is 0 Å². The van der Waals surface area contributed by atoms with E-state index < -0.39 is 16.8 Å². The molecule has 1 N–H and O–H groups in total. The number of hydrogen-bond donors (Lipinski definition) is 1.